The average molecular weight is 136 g/mol. The summed E-state index contributed by atoms with van der Waals surface area (Å²) in [6, 6.07) is 0. The molecule has 1 aromatic heterocycles. The normalized spacial score (nSPS) is 9.44. The highest BCUT2D eigenvalue weighted by atomic mass is 32.2. The second-order valence-corrected chi connectivity index (χ2v) is 2.28. The van der Waals surface area contributed by atoms with Crippen LogP contribution in [0.3, 0.4) is 0 Å². The van der Waals surface area contributed by atoms with E-state index in [0.717, 1.165) is 5.16 Å². The fourth-order valence-corrected chi connectivity index (χ4v) is 0.748. The quantitative estimate of drug-likeness (QED) is 0.308. The van der Waals surface area contributed by atoms with Crippen LogP contribution in [0.4, 0.5) is 0 Å². The van der Waals surface area contributed by atoms with Gasteiger partial charge in [-0.1, -0.05) is 17.2 Å². The molecule has 9 heavy (non-hydrogen) atoms. The highest BCUT2D eigenvalue weighted by molar-refractivity contribution is 7.98. The number of hydrogen-bond acceptors (Lipinski definition) is 3. The Bertz CT molecular complexity index is 187. The molecule has 2 radical (unpaired) electrons. The topological polar surface area (TPSA) is 25.8 Å². The summed E-state index contributed by atoms with van der Waals surface area (Å²) in [5, 5.41) is 0.754. The maximum Gasteiger partial charge on any atom is 0.187 e. The van der Waals surface area contributed by atoms with Crippen molar-refractivity contribution in [2.24, 2.45) is 0 Å². The standard InChI is InChI=1S/C5H5BN2S/c1-9-5-7-2-4(6)3-8-5/h2-3H,1H3. The van der Waals surface area contributed by atoms with E-state index in [9.17, 15) is 0 Å². The van der Waals surface area contributed by atoms with E-state index in [2.05, 4.69) is 9.97 Å². The van der Waals surface area contributed by atoms with Gasteiger partial charge in [-0.2, -0.15) is 0 Å². The molecule has 0 aliphatic carbocycles. The Hall–Kier alpha value is -0.505. The summed E-state index contributed by atoms with van der Waals surface area (Å²) in [5.41, 5.74) is 0.604. The summed E-state index contributed by atoms with van der Waals surface area (Å²) in [7, 11) is 5.35. The first-order chi connectivity index (χ1) is 4.33. The van der Waals surface area contributed by atoms with Crippen molar-refractivity contribution in [3.8, 4) is 0 Å². The lowest BCUT2D eigenvalue weighted by atomic mass is 10.0. The third kappa shape index (κ3) is 1.71. The van der Waals surface area contributed by atoms with Crippen LogP contribution in [-0.2, 0) is 0 Å². The smallest absolute Gasteiger partial charge is 0.187 e. The lowest BCUT2D eigenvalue weighted by Gasteiger charge is -1.92. The third-order valence-corrected chi connectivity index (χ3v) is 1.41. The minimum Gasteiger partial charge on any atom is -0.232 e. The van der Waals surface area contributed by atoms with Gasteiger partial charge in [-0.25, -0.2) is 9.97 Å². The molecular weight excluding hydrogens is 131 g/mol. The van der Waals surface area contributed by atoms with Gasteiger partial charge in [-0.15, -0.1) is 0 Å². The molecule has 0 atom stereocenters. The van der Waals surface area contributed by atoms with E-state index in [1.54, 1.807) is 12.4 Å². The summed E-state index contributed by atoms with van der Waals surface area (Å²) in [4.78, 5) is 7.85. The highest BCUT2D eigenvalue weighted by Gasteiger charge is 1.88. The fourth-order valence-electron chi connectivity index (χ4n) is 0.432. The van der Waals surface area contributed by atoms with Crippen molar-refractivity contribution in [1.29, 1.82) is 0 Å². The minimum absolute atomic E-state index is 0.604. The van der Waals surface area contributed by atoms with E-state index < -0.39 is 0 Å². The molecule has 2 nitrogen and oxygen atoms in total. The van der Waals surface area contributed by atoms with Crippen LogP contribution in [0.2, 0.25) is 0 Å². The SMILES string of the molecule is [B]c1cnc(SC)nc1. The number of aromatic nitrogens is 2. The molecule has 0 aliphatic rings. The number of thioether (sulfide) groups is 1. The molecule has 0 bridgehead atoms. The van der Waals surface area contributed by atoms with Gasteiger partial charge in [0, 0.05) is 12.4 Å². The van der Waals surface area contributed by atoms with E-state index in [-0.39, 0.29) is 0 Å². The molecule has 0 unspecified atom stereocenters. The van der Waals surface area contributed by atoms with Crippen LogP contribution in [0.25, 0.3) is 0 Å². The van der Waals surface area contributed by atoms with Crippen molar-refractivity contribution < 1.29 is 0 Å². The summed E-state index contributed by atoms with van der Waals surface area (Å²) >= 11 is 1.50. The van der Waals surface area contributed by atoms with Crippen molar-refractivity contribution in [1.82, 2.24) is 9.97 Å². The molecule has 0 fully saturated rings. The predicted octanol–water partition coefficient (Wildman–Crippen LogP) is -0.00770. The Morgan fingerprint density at radius 1 is 1.44 bits per heavy atom. The van der Waals surface area contributed by atoms with Crippen molar-refractivity contribution in [2.75, 3.05) is 6.26 Å². The molecule has 0 amide bonds. The van der Waals surface area contributed by atoms with Crippen LogP contribution >= 0.6 is 11.8 Å². The van der Waals surface area contributed by atoms with Crippen LogP contribution in [0.1, 0.15) is 0 Å². The highest BCUT2D eigenvalue weighted by Crippen LogP contribution is 2.02. The lowest BCUT2D eigenvalue weighted by molar-refractivity contribution is 0.980. The monoisotopic (exact) mass is 136 g/mol. The Labute approximate surface area is 59.5 Å². The van der Waals surface area contributed by atoms with E-state index in [0.29, 0.717) is 5.46 Å². The average Bonchev–Trinajstić information content (AvgIpc) is 1.90. The molecule has 44 valence electrons. The van der Waals surface area contributed by atoms with Gasteiger partial charge >= 0.3 is 0 Å². The first-order valence-electron chi connectivity index (χ1n) is 2.44. The Morgan fingerprint density at radius 3 is 2.44 bits per heavy atom. The first-order valence-corrected chi connectivity index (χ1v) is 3.67. The first kappa shape index (κ1) is 6.61. The molecule has 0 saturated heterocycles. The molecule has 0 saturated carbocycles. The van der Waals surface area contributed by atoms with E-state index in [1.807, 2.05) is 6.26 Å². The van der Waals surface area contributed by atoms with Gasteiger partial charge in [0.25, 0.3) is 0 Å². The molecule has 0 N–H and O–H groups in total. The van der Waals surface area contributed by atoms with Crippen LogP contribution in [-0.4, -0.2) is 24.1 Å². The van der Waals surface area contributed by atoms with Gasteiger partial charge in [-0.05, 0) is 6.26 Å². The van der Waals surface area contributed by atoms with Crippen molar-refractivity contribution in [3.63, 3.8) is 0 Å². The minimum atomic E-state index is 0.604. The molecule has 0 aromatic carbocycles. The maximum atomic E-state index is 5.35. The van der Waals surface area contributed by atoms with Crippen LogP contribution in [0, 0.1) is 0 Å². The Morgan fingerprint density at radius 2 is 2.00 bits per heavy atom. The van der Waals surface area contributed by atoms with Crippen molar-refractivity contribution in [2.45, 2.75) is 5.16 Å². The van der Waals surface area contributed by atoms with Gasteiger partial charge < -0.3 is 0 Å². The van der Waals surface area contributed by atoms with Gasteiger partial charge in [0.1, 0.15) is 7.85 Å². The molecule has 4 heteroatoms. The summed E-state index contributed by atoms with van der Waals surface area (Å²) in [5.74, 6) is 0. The summed E-state index contributed by atoms with van der Waals surface area (Å²) in [6.07, 6.45) is 5.11. The molecule has 1 aromatic rings. The zero-order valence-electron chi connectivity index (χ0n) is 5.03. The third-order valence-electron chi connectivity index (χ3n) is 0.831. The van der Waals surface area contributed by atoms with Crippen molar-refractivity contribution in [3.05, 3.63) is 12.4 Å². The van der Waals surface area contributed by atoms with E-state index in [1.165, 1.54) is 11.8 Å². The zero-order valence-corrected chi connectivity index (χ0v) is 5.85. The summed E-state index contributed by atoms with van der Waals surface area (Å²) < 4.78 is 0. The summed E-state index contributed by atoms with van der Waals surface area (Å²) in [6.45, 7) is 0. The van der Waals surface area contributed by atoms with Gasteiger partial charge in [0.15, 0.2) is 5.16 Å². The number of hydrogen-bond donors (Lipinski definition) is 0. The molecule has 0 aliphatic heterocycles. The maximum absolute atomic E-state index is 5.35. The zero-order chi connectivity index (χ0) is 6.69. The predicted molar refractivity (Wildman–Crippen MR) is 39.2 cm³/mol. The second-order valence-electron chi connectivity index (χ2n) is 1.50. The van der Waals surface area contributed by atoms with Gasteiger partial charge in [-0.3, -0.25) is 0 Å². The number of nitrogens with zero attached hydrogens (tertiary/aromatic N) is 2. The molecular formula is C5H5BN2S. The molecule has 1 heterocycles. The molecule has 0 spiro atoms. The Kier molecular flexibility index (Phi) is 2.11. The largest absolute Gasteiger partial charge is 0.232 e. The van der Waals surface area contributed by atoms with Crippen LogP contribution in [0.5, 0.6) is 0 Å². The van der Waals surface area contributed by atoms with Crippen LogP contribution < -0.4 is 5.46 Å². The lowest BCUT2D eigenvalue weighted by Crippen LogP contribution is -2.04. The van der Waals surface area contributed by atoms with E-state index in [4.69, 9.17) is 7.85 Å². The number of rotatable bonds is 1. The van der Waals surface area contributed by atoms with E-state index >= 15 is 0 Å². The Balaban J connectivity index is 2.88. The second kappa shape index (κ2) is 2.87. The fraction of sp³-hybridized carbons (Fsp3) is 0.200. The van der Waals surface area contributed by atoms with Gasteiger partial charge in [0.05, 0.1) is 0 Å². The van der Waals surface area contributed by atoms with Crippen molar-refractivity contribution >= 4 is 25.1 Å². The molecule has 1 rings (SSSR count). The van der Waals surface area contributed by atoms with Gasteiger partial charge in [0.2, 0.25) is 0 Å². The van der Waals surface area contributed by atoms with Crippen LogP contribution in [0.15, 0.2) is 17.6 Å².